The molecule has 14 nitrogen and oxygen atoms in total. The van der Waals surface area contributed by atoms with Crippen molar-refractivity contribution in [1.82, 2.24) is 35.2 Å². The summed E-state index contributed by atoms with van der Waals surface area (Å²) in [7, 11) is 1.99. The van der Waals surface area contributed by atoms with Crippen LogP contribution in [0.25, 0.3) is 10.9 Å². The molecule has 4 heterocycles. The standard InChI is InChI=1S/C33H45N7O7/c1-4-5-15-46-33(45)39-13-11-38(12-14-39)29(41)18-34-31(43)26-17-28(24-9-8-22(2)16-25(24)36-26)47-21-30(42)40-10-6-7-27(40)32(44)35-23-19-37(3)20-23/h8-9,16-17,23,27H,4-7,10-15,18-21H2,1-3H3,(H,34,43)(H,35,44)/t27-/m0/s1. The maximum Gasteiger partial charge on any atom is 0.409 e. The first-order valence-electron chi connectivity index (χ1n) is 16.4. The van der Waals surface area contributed by atoms with Crippen molar-refractivity contribution < 1.29 is 33.4 Å². The number of pyridine rings is 1. The molecule has 3 saturated heterocycles. The number of ether oxygens (including phenoxy) is 2. The Labute approximate surface area is 274 Å². The van der Waals surface area contributed by atoms with E-state index in [2.05, 4.69) is 20.5 Å². The molecule has 5 amide bonds. The molecule has 0 aliphatic carbocycles. The summed E-state index contributed by atoms with van der Waals surface area (Å²) < 4.78 is 11.2. The van der Waals surface area contributed by atoms with Gasteiger partial charge in [0.05, 0.1) is 24.7 Å². The maximum absolute atomic E-state index is 13.3. The Morgan fingerprint density at radius 1 is 0.979 bits per heavy atom. The highest BCUT2D eigenvalue weighted by molar-refractivity contribution is 5.99. The molecule has 254 valence electrons. The number of amides is 5. The third-order valence-electron chi connectivity index (χ3n) is 8.81. The number of piperazine rings is 1. The summed E-state index contributed by atoms with van der Waals surface area (Å²) in [5, 5.41) is 6.32. The molecule has 5 rings (SSSR count). The highest BCUT2D eigenvalue weighted by Gasteiger charge is 2.36. The number of hydrogen-bond acceptors (Lipinski definition) is 9. The number of fused-ring (bicyclic) bond motifs is 1. The van der Waals surface area contributed by atoms with Crippen molar-refractivity contribution in [2.24, 2.45) is 0 Å². The predicted octanol–water partition coefficient (Wildman–Crippen LogP) is 1.15. The Balaban J connectivity index is 1.17. The molecule has 0 unspecified atom stereocenters. The lowest BCUT2D eigenvalue weighted by atomic mass is 10.1. The van der Waals surface area contributed by atoms with Gasteiger partial charge in [-0.25, -0.2) is 9.78 Å². The number of unbranched alkanes of at least 4 members (excludes halogenated alkanes) is 1. The van der Waals surface area contributed by atoms with E-state index >= 15 is 0 Å². The van der Waals surface area contributed by atoms with Gasteiger partial charge in [0.2, 0.25) is 11.8 Å². The van der Waals surface area contributed by atoms with Crippen molar-refractivity contribution in [2.75, 3.05) is 72.6 Å². The number of rotatable bonds is 11. The quantitative estimate of drug-likeness (QED) is 0.341. The Bertz CT molecular complexity index is 1490. The van der Waals surface area contributed by atoms with E-state index in [-0.39, 0.29) is 48.7 Å². The van der Waals surface area contributed by atoms with Gasteiger partial charge in [-0.1, -0.05) is 19.4 Å². The molecule has 1 atom stereocenters. The topological polar surface area (TPSA) is 154 Å². The van der Waals surface area contributed by atoms with E-state index in [1.54, 1.807) is 14.7 Å². The first-order valence-corrected chi connectivity index (χ1v) is 16.4. The van der Waals surface area contributed by atoms with E-state index in [9.17, 15) is 24.0 Å². The van der Waals surface area contributed by atoms with Crippen LogP contribution in [0.3, 0.4) is 0 Å². The molecular formula is C33H45N7O7. The maximum atomic E-state index is 13.3. The fraction of sp³-hybridized carbons (Fsp3) is 0.576. The number of aryl methyl sites for hydroxylation is 1. The van der Waals surface area contributed by atoms with Crippen LogP contribution in [0, 0.1) is 6.92 Å². The zero-order chi connectivity index (χ0) is 33.5. The van der Waals surface area contributed by atoms with Crippen LogP contribution in [-0.4, -0.2) is 139 Å². The minimum atomic E-state index is -0.561. The lowest BCUT2D eigenvalue weighted by Gasteiger charge is -2.37. The Hall–Kier alpha value is -4.46. The molecule has 0 spiro atoms. The van der Waals surface area contributed by atoms with Gasteiger partial charge in [0.15, 0.2) is 6.61 Å². The van der Waals surface area contributed by atoms with Crippen LogP contribution in [0.15, 0.2) is 24.3 Å². The molecule has 2 N–H and O–H groups in total. The predicted molar refractivity (Wildman–Crippen MR) is 173 cm³/mol. The van der Waals surface area contributed by atoms with Gasteiger partial charge in [0, 0.05) is 57.3 Å². The van der Waals surface area contributed by atoms with Gasteiger partial charge in [-0.3, -0.25) is 19.2 Å². The van der Waals surface area contributed by atoms with E-state index in [0.29, 0.717) is 62.4 Å². The first kappa shape index (κ1) is 33.9. The van der Waals surface area contributed by atoms with Crippen LogP contribution in [-0.2, 0) is 19.1 Å². The van der Waals surface area contributed by atoms with Crippen molar-refractivity contribution in [2.45, 2.75) is 51.6 Å². The molecule has 0 bridgehead atoms. The first-order chi connectivity index (χ1) is 22.6. The molecule has 47 heavy (non-hydrogen) atoms. The minimum absolute atomic E-state index is 0.0434. The monoisotopic (exact) mass is 651 g/mol. The molecule has 0 saturated carbocycles. The number of likely N-dealkylation sites (tertiary alicyclic amines) is 2. The summed E-state index contributed by atoms with van der Waals surface area (Å²) in [4.78, 5) is 75.8. The Morgan fingerprint density at radius 2 is 1.72 bits per heavy atom. The summed E-state index contributed by atoms with van der Waals surface area (Å²) in [5.74, 6) is -0.978. The number of aromatic nitrogens is 1. The van der Waals surface area contributed by atoms with Crippen LogP contribution in [0.4, 0.5) is 4.79 Å². The van der Waals surface area contributed by atoms with E-state index < -0.39 is 11.9 Å². The molecule has 3 aliphatic heterocycles. The number of hydrogen-bond donors (Lipinski definition) is 2. The summed E-state index contributed by atoms with van der Waals surface area (Å²) in [5.41, 5.74) is 1.48. The van der Waals surface area contributed by atoms with Gasteiger partial charge < -0.3 is 39.7 Å². The van der Waals surface area contributed by atoms with E-state index in [1.165, 1.54) is 6.07 Å². The molecule has 0 radical (unpaired) electrons. The number of nitrogens with one attached hydrogen (secondary N) is 2. The SMILES string of the molecule is CCCCOC(=O)N1CCN(C(=O)CNC(=O)c2cc(OCC(=O)N3CCC[C@H]3C(=O)NC3CN(C)C3)c3ccc(C)cc3n2)CC1. The summed E-state index contributed by atoms with van der Waals surface area (Å²) in [6, 6.07) is 6.57. The normalized spacial score (nSPS) is 18.5. The van der Waals surface area contributed by atoms with Gasteiger partial charge in [-0.2, -0.15) is 0 Å². The van der Waals surface area contributed by atoms with E-state index in [0.717, 1.165) is 37.9 Å². The zero-order valence-corrected chi connectivity index (χ0v) is 27.5. The molecule has 3 fully saturated rings. The van der Waals surface area contributed by atoms with Crippen LogP contribution in [0.5, 0.6) is 5.75 Å². The van der Waals surface area contributed by atoms with Crippen LogP contribution in [0.2, 0.25) is 0 Å². The fourth-order valence-electron chi connectivity index (χ4n) is 6.08. The average molecular weight is 652 g/mol. The van der Waals surface area contributed by atoms with E-state index in [1.807, 2.05) is 39.1 Å². The van der Waals surface area contributed by atoms with Crippen LogP contribution >= 0.6 is 0 Å². The smallest absolute Gasteiger partial charge is 0.409 e. The molecule has 1 aromatic heterocycles. The largest absolute Gasteiger partial charge is 0.483 e. The molecule has 2 aromatic rings. The Kier molecular flexibility index (Phi) is 11.1. The third-order valence-corrected chi connectivity index (χ3v) is 8.81. The number of likely N-dealkylation sites (N-methyl/N-ethyl adjacent to an activating group) is 1. The second kappa shape index (κ2) is 15.4. The van der Waals surface area contributed by atoms with Crippen molar-refractivity contribution in [3.05, 3.63) is 35.5 Å². The highest BCUT2D eigenvalue weighted by Crippen LogP contribution is 2.27. The molecule has 14 heteroatoms. The molecule has 1 aromatic carbocycles. The fourth-order valence-corrected chi connectivity index (χ4v) is 6.08. The second-order valence-electron chi connectivity index (χ2n) is 12.5. The lowest BCUT2D eigenvalue weighted by molar-refractivity contribution is -0.140. The van der Waals surface area contributed by atoms with Crippen molar-refractivity contribution >= 4 is 40.6 Å². The molecule has 3 aliphatic rings. The number of carbonyl (C=O) groups excluding carboxylic acids is 5. The van der Waals surface area contributed by atoms with Gasteiger partial charge >= 0.3 is 6.09 Å². The Morgan fingerprint density at radius 3 is 2.45 bits per heavy atom. The lowest BCUT2D eigenvalue weighted by Crippen LogP contribution is -2.60. The van der Waals surface area contributed by atoms with Crippen LogP contribution in [0.1, 0.15) is 48.7 Å². The number of benzene rings is 1. The molecular weight excluding hydrogens is 606 g/mol. The van der Waals surface area contributed by atoms with Gasteiger partial charge in [0.1, 0.15) is 17.5 Å². The van der Waals surface area contributed by atoms with Crippen LogP contribution < -0.4 is 15.4 Å². The second-order valence-corrected chi connectivity index (χ2v) is 12.5. The van der Waals surface area contributed by atoms with Crippen molar-refractivity contribution in [3.63, 3.8) is 0 Å². The summed E-state index contributed by atoms with van der Waals surface area (Å²) in [6.45, 7) is 7.22. The summed E-state index contributed by atoms with van der Waals surface area (Å²) >= 11 is 0. The number of nitrogens with zero attached hydrogens (tertiary/aromatic N) is 5. The summed E-state index contributed by atoms with van der Waals surface area (Å²) in [6.07, 6.45) is 2.69. The third kappa shape index (κ3) is 8.47. The minimum Gasteiger partial charge on any atom is -0.483 e. The van der Waals surface area contributed by atoms with Gasteiger partial charge in [-0.15, -0.1) is 0 Å². The average Bonchev–Trinajstić information content (AvgIpc) is 3.55. The highest BCUT2D eigenvalue weighted by atomic mass is 16.6. The van der Waals surface area contributed by atoms with E-state index in [4.69, 9.17) is 9.47 Å². The van der Waals surface area contributed by atoms with Crippen molar-refractivity contribution in [3.8, 4) is 5.75 Å². The van der Waals surface area contributed by atoms with Gasteiger partial charge in [0.25, 0.3) is 11.8 Å². The van der Waals surface area contributed by atoms with Crippen molar-refractivity contribution in [1.29, 1.82) is 0 Å². The van der Waals surface area contributed by atoms with Gasteiger partial charge in [-0.05, 0) is 50.9 Å². The zero-order valence-electron chi connectivity index (χ0n) is 27.5. The number of carbonyl (C=O) groups is 5.